The number of morpholine rings is 1. The number of aliphatic imine (C=N–C) groups is 1. The van der Waals surface area contributed by atoms with Crippen LogP contribution in [0.4, 0.5) is 0 Å². The standard InChI is InChI=1S/C15H28N6O.HI/c1-16-15(18-13-14-5-7-19-20(14)2)17-6-3-4-8-21-9-11-22-12-10-21;/h5,7H,3-4,6,8-13H2,1-2H3,(H2,16,17,18);1H. The lowest BCUT2D eigenvalue weighted by molar-refractivity contribution is 0.0372. The van der Waals surface area contributed by atoms with E-state index in [1.165, 1.54) is 6.42 Å². The maximum absolute atomic E-state index is 5.35. The van der Waals surface area contributed by atoms with Crippen LogP contribution in [0, 0.1) is 0 Å². The summed E-state index contributed by atoms with van der Waals surface area (Å²) >= 11 is 0. The van der Waals surface area contributed by atoms with E-state index in [-0.39, 0.29) is 24.0 Å². The van der Waals surface area contributed by atoms with Crippen LogP contribution in [-0.2, 0) is 18.3 Å². The van der Waals surface area contributed by atoms with Crippen LogP contribution in [-0.4, -0.2) is 67.1 Å². The lowest BCUT2D eigenvalue weighted by atomic mass is 10.3. The molecule has 0 radical (unpaired) electrons. The number of hydrogen-bond acceptors (Lipinski definition) is 4. The highest BCUT2D eigenvalue weighted by Gasteiger charge is 2.09. The molecule has 0 bridgehead atoms. The van der Waals surface area contributed by atoms with Gasteiger partial charge in [-0.25, -0.2) is 0 Å². The van der Waals surface area contributed by atoms with Crippen LogP contribution in [0.5, 0.6) is 0 Å². The van der Waals surface area contributed by atoms with Gasteiger partial charge in [-0.1, -0.05) is 0 Å². The predicted molar refractivity (Wildman–Crippen MR) is 103 cm³/mol. The Labute approximate surface area is 155 Å². The molecule has 23 heavy (non-hydrogen) atoms. The quantitative estimate of drug-likeness (QED) is 0.287. The van der Waals surface area contributed by atoms with Crippen molar-refractivity contribution < 1.29 is 4.74 Å². The highest BCUT2D eigenvalue weighted by Crippen LogP contribution is 1.99. The molecule has 7 nitrogen and oxygen atoms in total. The maximum Gasteiger partial charge on any atom is 0.191 e. The van der Waals surface area contributed by atoms with Crippen molar-refractivity contribution in [3.8, 4) is 0 Å². The van der Waals surface area contributed by atoms with Gasteiger partial charge < -0.3 is 15.4 Å². The van der Waals surface area contributed by atoms with Crippen molar-refractivity contribution in [3.63, 3.8) is 0 Å². The number of hydrogen-bond donors (Lipinski definition) is 2. The number of halogens is 1. The molecule has 2 N–H and O–H groups in total. The largest absolute Gasteiger partial charge is 0.379 e. The number of ether oxygens (including phenoxy) is 1. The molecular weight excluding hydrogens is 407 g/mol. The van der Waals surface area contributed by atoms with Gasteiger partial charge in [0, 0.05) is 39.9 Å². The SMILES string of the molecule is CN=C(NCCCCN1CCOCC1)NCc1ccnn1C.I. The number of aromatic nitrogens is 2. The first kappa shape index (κ1) is 20.2. The monoisotopic (exact) mass is 436 g/mol. The highest BCUT2D eigenvalue weighted by atomic mass is 127. The van der Waals surface area contributed by atoms with E-state index in [9.17, 15) is 0 Å². The van der Waals surface area contributed by atoms with Crippen LogP contribution in [0.15, 0.2) is 17.3 Å². The Morgan fingerprint density at radius 3 is 2.74 bits per heavy atom. The third kappa shape index (κ3) is 7.49. The first-order valence-corrected chi connectivity index (χ1v) is 8.01. The van der Waals surface area contributed by atoms with Crippen LogP contribution in [0.3, 0.4) is 0 Å². The minimum atomic E-state index is 0. The summed E-state index contributed by atoms with van der Waals surface area (Å²) in [4.78, 5) is 6.71. The summed E-state index contributed by atoms with van der Waals surface area (Å²) in [6.07, 6.45) is 4.15. The Balaban J connectivity index is 0.00000264. The Morgan fingerprint density at radius 1 is 1.30 bits per heavy atom. The van der Waals surface area contributed by atoms with Gasteiger partial charge in [-0.05, 0) is 25.5 Å². The molecule has 1 aromatic rings. The van der Waals surface area contributed by atoms with Gasteiger partial charge in [-0.2, -0.15) is 5.10 Å². The molecule has 1 aliphatic heterocycles. The molecule has 1 aliphatic rings. The second-order valence-corrected chi connectivity index (χ2v) is 5.46. The zero-order valence-electron chi connectivity index (χ0n) is 14.1. The third-order valence-electron chi connectivity index (χ3n) is 3.88. The second kappa shape index (κ2) is 11.6. The van der Waals surface area contributed by atoms with Crippen LogP contribution >= 0.6 is 24.0 Å². The average molecular weight is 436 g/mol. The molecule has 1 fully saturated rings. The summed E-state index contributed by atoms with van der Waals surface area (Å²) in [6, 6.07) is 2.00. The van der Waals surface area contributed by atoms with E-state index in [0.29, 0.717) is 0 Å². The van der Waals surface area contributed by atoms with E-state index < -0.39 is 0 Å². The number of nitrogens with zero attached hydrogens (tertiary/aromatic N) is 4. The number of guanidine groups is 1. The summed E-state index contributed by atoms with van der Waals surface area (Å²) < 4.78 is 7.22. The molecule has 0 amide bonds. The first-order valence-electron chi connectivity index (χ1n) is 8.01. The Morgan fingerprint density at radius 2 is 2.09 bits per heavy atom. The van der Waals surface area contributed by atoms with Crippen molar-refractivity contribution in [3.05, 3.63) is 18.0 Å². The van der Waals surface area contributed by atoms with E-state index in [1.54, 1.807) is 13.2 Å². The lowest BCUT2D eigenvalue weighted by Crippen LogP contribution is -2.39. The van der Waals surface area contributed by atoms with Gasteiger partial charge in [-0.3, -0.25) is 14.6 Å². The van der Waals surface area contributed by atoms with Gasteiger partial charge in [0.25, 0.3) is 0 Å². The van der Waals surface area contributed by atoms with Gasteiger partial charge in [0.2, 0.25) is 0 Å². The first-order chi connectivity index (χ1) is 10.8. The molecular formula is C15H29IN6O. The van der Waals surface area contributed by atoms with E-state index in [4.69, 9.17) is 4.74 Å². The van der Waals surface area contributed by atoms with Crippen LogP contribution in [0.1, 0.15) is 18.5 Å². The highest BCUT2D eigenvalue weighted by molar-refractivity contribution is 14.0. The third-order valence-corrected chi connectivity index (χ3v) is 3.88. The van der Waals surface area contributed by atoms with Gasteiger partial charge in [-0.15, -0.1) is 24.0 Å². The molecule has 2 heterocycles. The smallest absolute Gasteiger partial charge is 0.191 e. The summed E-state index contributed by atoms with van der Waals surface area (Å²) in [5, 5.41) is 10.8. The van der Waals surface area contributed by atoms with Gasteiger partial charge in [0.05, 0.1) is 25.5 Å². The van der Waals surface area contributed by atoms with E-state index in [1.807, 2.05) is 17.8 Å². The van der Waals surface area contributed by atoms with Crippen LogP contribution in [0.25, 0.3) is 0 Å². The molecule has 0 saturated carbocycles. The second-order valence-electron chi connectivity index (χ2n) is 5.46. The Bertz CT molecular complexity index is 459. The fourth-order valence-corrected chi connectivity index (χ4v) is 2.46. The molecule has 0 aromatic carbocycles. The average Bonchev–Trinajstić information content (AvgIpc) is 2.96. The van der Waals surface area contributed by atoms with E-state index in [0.717, 1.165) is 64.0 Å². The van der Waals surface area contributed by atoms with Crippen molar-refractivity contribution in [2.24, 2.45) is 12.0 Å². The maximum atomic E-state index is 5.35. The van der Waals surface area contributed by atoms with E-state index in [2.05, 4.69) is 25.6 Å². The molecule has 8 heteroatoms. The predicted octanol–water partition coefficient (Wildman–Crippen LogP) is 0.815. The molecule has 0 aliphatic carbocycles. The molecule has 0 atom stereocenters. The topological polar surface area (TPSA) is 66.7 Å². The molecule has 0 spiro atoms. The molecule has 0 unspecified atom stereocenters. The van der Waals surface area contributed by atoms with Crippen LogP contribution in [0.2, 0.25) is 0 Å². The van der Waals surface area contributed by atoms with Gasteiger partial charge in [0.15, 0.2) is 5.96 Å². The number of aryl methyl sites for hydroxylation is 1. The number of unbranched alkanes of at least 4 members (excludes halogenated alkanes) is 1. The molecule has 1 aromatic heterocycles. The zero-order valence-corrected chi connectivity index (χ0v) is 16.5. The van der Waals surface area contributed by atoms with Gasteiger partial charge >= 0.3 is 0 Å². The number of nitrogens with one attached hydrogen (secondary N) is 2. The Kier molecular flexibility index (Phi) is 10.2. The summed E-state index contributed by atoms with van der Waals surface area (Å²) in [5.41, 5.74) is 1.13. The normalized spacial score (nSPS) is 16.0. The number of rotatable bonds is 7. The van der Waals surface area contributed by atoms with Crippen LogP contribution < -0.4 is 10.6 Å². The summed E-state index contributed by atoms with van der Waals surface area (Å²) in [5.74, 6) is 0.840. The fourth-order valence-electron chi connectivity index (χ4n) is 2.46. The van der Waals surface area contributed by atoms with Crippen molar-refractivity contribution in [1.82, 2.24) is 25.3 Å². The zero-order chi connectivity index (χ0) is 15.6. The van der Waals surface area contributed by atoms with Gasteiger partial charge in [0.1, 0.15) is 0 Å². The minimum Gasteiger partial charge on any atom is -0.379 e. The lowest BCUT2D eigenvalue weighted by Gasteiger charge is -2.26. The molecule has 2 rings (SSSR count). The van der Waals surface area contributed by atoms with Crippen molar-refractivity contribution in [2.75, 3.05) is 46.4 Å². The van der Waals surface area contributed by atoms with Crippen molar-refractivity contribution >= 4 is 29.9 Å². The van der Waals surface area contributed by atoms with E-state index >= 15 is 0 Å². The summed E-state index contributed by atoms with van der Waals surface area (Å²) in [7, 11) is 3.74. The fraction of sp³-hybridized carbons (Fsp3) is 0.733. The Hall–Kier alpha value is -0.870. The summed E-state index contributed by atoms with van der Waals surface area (Å²) in [6.45, 7) is 6.72. The minimum absolute atomic E-state index is 0. The molecule has 1 saturated heterocycles. The molecule has 132 valence electrons. The van der Waals surface area contributed by atoms with Crippen molar-refractivity contribution in [2.45, 2.75) is 19.4 Å². The van der Waals surface area contributed by atoms with Crippen molar-refractivity contribution in [1.29, 1.82) is 0 Å².